The molecule has 0 aliphatic carbocycles. The number of carbonyl (C=O) groups excluding carboxylic acids is 1. The molecular weight excluding hydrogens is 306 g/mol. The van der Waals surface area contributed by atoms with Crippen molar-refractivity contribution in [2.45, 2.75) is 32.9 Å². The summed E-state index contributed by atoms with van der Waals surface area (Å²) in [5.41, 5.74) is 2.04. The number of carbonyl (C=O) groups is 1. The van der Waals surface area contributed by atoms with Gasteiger partial charge in [0.05, 0.1) is 0 Å². The zero-order chi connectivity index (χ0) is 16.9. The summed E-state index contributed by atoms with van der Waals surface area (Å²) in [7, 11) is 0. The van der Waals surface area contributed by atoms with Crippen LogP contribution < -0.4 is 19.5 Å². The molecule has 0 aromatic heterocycles. The third kappa shape index (κ3) is 3.62. The molecule has 3 rings (SSSR count). The summed E-state index contributed by atoms with van der Waals surface area (Å²) in [6.07, 6.45) is 0.300. The smallest absolute Gasteiger partial charge is 0.261 e. The molecule has 24 heavy (non-hydrogen) atoms. The lowest BCUT2D eigenvalue weighted by atomic mass is 10.1. The maximum atomic E-state index is 12.3. The lowest BCUT2D eigenvalue weighted by molar-refractivity contribution is -0.127. The van der Waals surface area contributed by atoms with Crippen LogP contribution in [0.4, 0.5) is 0 Å². The van der Waals surface area contributed by atoms with Crippen molar-refractivity contribution in [3.05, 3.63) is 53.6 Å². The number of ether oxygens (including phenoxy) is 3. The molecule has 2 aromatic carbocycles. The van der Waals surface area contributed by atoms with Crippen molar-refractivity contribution in [1.82, 2.24) is 5.32 Å². The fourth-order valence-electron chi connectivity index (χ4n) is 2.54. The minimum absolute atomic E-state index is 0.154. The Morgan fingerprint density at radius 3 is 2.83 bits per heavy atom. The van der Waals surface area contributed by atoms with E-state index in [4.69, 9.17) is 14.2 Å². The molecule has 1 N–H and O–H groups in total. The average Bonchev–Trinajstić information content (AvgIpc) is 3.07. The SMILES string of the molecule is CCc1ccccc1O[C@@H](C)C(=O)NCc1ccc2c(c1)OCO2. The van der Waals surface area contributed by atoms with Crippen LogP contribution >= 0.6 is 0 Å². The summed E-state index contributed by atoms with van der Waals surface area (Å²) < 4.78 is 16.4. The Kier molecular flexibility index (Phi) is 4.89. The Morgan fingerprint density at radius 1 is 1.21 bits per heavy atom. The number of amides is 1. The van der Waals surface area contributed by atoms with Crippen LogP contribution in [0.25, 0.3) is 0 Å². The van der Waals surface area contributed by atoms with Gasteiger partial charge in [0.25, 0.3) is 5.91 Å². The van der Waals surface area contributed by atoms with Crippen LogP contribution in [-0.4, -0.2) is 18.8 Å². The molecule has 5 nitrogen and oxygen atoms in total. The first-order valence-electron chi connectivity index (χ1n) is 8.08. The van der Waals surface area contributed by atoms with Crippen molar-refractivity contribution in [1.29, 1.82) is 0 Å². The molecule has 5 heteroatoms. The Morgan fingerprint density at radius 2 is 2.00 bits per heavy atom. The first-order chi connectivity index (χ1) is 11.7. The number of hydrogen-bond donors (Lipinski definition) is 1. The summed E-state index contributed by atoms with van der Waals surface area (Å²) in [4.78, 5) is 12.3. The average molecular weight is 327 g/mol. The number of para-hydroxylation sites is 1. The van der Waals surface area contributed by atoms with Crippen LogP contribution in [0.15, 0.2) is 42.5 Å². The largest absolute Gasteiger partial charge is 0.481 e. The number of benzene rings is 2. The predicted octanol–water partition coefficient (Wildman–Crippen LogP) is 3.06. The maximum Gasteiger partial charge on any atom is 0.261 e. The summed E-state index contributed by atoms with van der Waals surface area (Å²) in [6, 6.07) is 13.4. The molecule has 0 radical (unpaired) electrons. The molecule has 0 saturated heterocycles. The molecule has 0 unspecified atom stereocenters. The lowest BCUT2D eigenvalue weighted by Gasteiger charge is -2.17. The highest BCUT2D eigenvalue weighted by atomic mass is 16.7. The van der Waals surface area contributed by atoms with Gasteiger partial charge in [0.2, 0.25) is 6.79 Å². The molecule has 2 aromatic rings. The van der Waals surface area contributed by atoms with E-state index < -0.39 is 6.10 Å². The molecule has 1 aliphatic rings. The van der Waals surface area contributed by atoms with E-state index in [1.165, 1.54) is 0 Å². The Bertz CT molecular complexity index is 729. The number of nitrogens with one attached hydrogen (secondary N) is 1. The van der Waals surface area contributed by atoms with Crippen LogP contribution in [0.1, 0.15) is 25.0 Å². The molecular formula is C19H21NO4. The monoisotopic (exact) mass is 327 g/mol. The van der Waals surface area contributed by atoms with Gasteiger partial charge in [-0.05, 0) is 42.7 Å². The standard InChI is InChI=1S/C19H21NO4/c1-3-15-6-4-5-7-16(15)24-13(2)19(21)20-11-14-8-9-17-18(10-14)23-12-22-17/h4-10,13H,3,11-12H2,1-2H3,(H,20,21)/t13-/m0/s1. The van der Waals surface area contributed by atoms with Gasteiger partial charge in [0, 0.05) is 6.54 Å². The third-order valence-corrected chi connectivity index (χ3v) is 3.93. The minimum Gasteiger partial charge on any atom is -0.481 e. The summed E-state index contributed by atoms with van der Waals surface area (Å²) >= 11 is 0. The molecule has 1 atom stereocenters. The van der Waals surface area contributed by atoms with E-state index in [1.54, 1.807) is 6.92 Å². The highest BCUT2D eigenvalue weighted by Gasteiger charge is 2.17. The Balaban J connectivity index is 1.56. The van der Waals surface area contributed by atoms with Crippen molar-refractivity contribution >= 4 is 5.91 Å². The summed E-state index contributed by atoms with van der Waals surface area (Å²) in [5, 5.41) is 2.89. The molecule has 1 heterocycles. The molecule has 0 bridgehead atoms. The van der Waals surface area contributed by atoms with Gasteiger partial charge < -0.3 is 19.5 Å². The lowest BCUT2D eigenvalue weighted by Crippen LogP contribution is -2.36. The van der Waals surface area contributed by atoms with Gasteiger partial charge in [-0.3, -0.25) is 4.79 Å². The second-order valence-electron chi connectivity index (χ2n) is 5.63. The number of hydrogen-bond acceptors (Lipinski definition) is 4. The van der Waals surface area contributed by atoms with Crippen molar-refractivity contribution in [2.75, 3.05) is 6.79 Å². The van der Waals surface area contributed by atoms with Gasteiger partial charge in [0.1, 0.15) is 5.75 Å². The zero-order valence-corrected chi connectivity index (χ0v) is 13.9. The molecule has 0 spiro atoms. The van der Waals surface area contributed by atoms with Gasteiger partial charge in [-0.15, -0.1) is 0 Å². The summed E-state index contributed by atoms with van der Waals surface area (Å²) in [5.74, 6) is 2.05. The maximum absolute atomic E-state index is 12.3. The van der Waals surface area contributed by atoms with Gasteiger partial charge in [-0.2, -0.15) is 0 Å². The highest BCUT2D eigenvalue weighted by Crippen LogP contribution is 2.32. The number of fused-ring (bicyclic) bond motifs is 1. The zero-order valence-electron chi connectivity index (χ0n) is 13.9. The van der Waals surface area contributed by atoms with Crippen LogP contribution in [0, 0.1) is 0 Å². The molecule has 126 valence electrons. The minimum atomic E-state index is -0.563. The van der Waals surface area contributed by atoms with E-state index in [2.05, 4.69) is 12.2 Å². The predicted molar refractivity (Wildman–Crippen MR) is 90.3 cm³/mol. The fraction of sp³-hybridized carbons (Fsp3) is 0.316. The molecule has 1 aliphatic heterocycles. The quantitative estimate of drug-likeness (QED) is 0.886. The van der Waals surface area contributed by atoms with Crippen LogP contribution in [0.5, 0.6) is 17.2 Å². The third-order valence-electron chi connectivity index (χ3n) is 3.93. The van der Waals surface area contributed by atoms with Crippen LogP contribution in [0.2, 0.25) is 0 Å². The van der Waals surface area contributed by atoms with Crippen molar-refractivity contribution in [3.63, 3.8) is 0 Å². The van der Waals surface area contributed by atoms with E-state index in [-0.39, 0.29) is 12.7 Å². The first kappa shape index (κ1) is 16.2. The normalized spacial score (nSPS) is 13.4. The number of aryl methyl sites for hydroxylation is 1. The van der Waals surface area contributed by atoms with Gasteiger partial charge in [-0.25, -0.2) is 0 Å². The highest BCUT2D eigenvalue weighted by molar-refractivity contribution is 5.80. The van der Waals surface area contributed by atoms with Crippen LogP contribution in [-0.2, 0) is 17.8 Å². The van der Waals surface area contributed by atoms with Crippen molar-refractivity contribution in [2.24, 2.45) is 0 Å². The van der Waals surface area contributed by atoms with Crippen molar-refractivity contribution < 1.29 is 19.0 Å². The first-order valence-corrected chi connectivity index (χ1v) is 8.08. The molecule has 0 fully saturated rings. The number of rotatable bonds is 6. The fourth-order valence-corrected chi connectivity index (χ4v) is 2.54. The van der Waals surface area contributed by atoms with E-state index in [0.717, 1.165) is 29.0 Å². The Labute approximate surface area is 141 Å². The second-order valence-corrected chi connectivity index (χ2v) is 5.63. The van der Waals surface area contributed by atoms with E-state index in [0.29, 0.717) is 12.3 Å². The second kappa shape index (κ2) is 7.25. The van der Waals surface area contributed by atoms with E-state index in [1.807, 2.05) is 42.5 Å². The molecule has 1 amide bonds. The van der Waals surface area contributed by atoms with Gasteiger partial charge in [0.15, 0.2) is 17.6 Å². The topological polar surface area (TPSA) is 56.8 Å². The van der Waals surface area contributed by atoms with E-state index in [9.17, 15) is 4.79 Å². The van der Waals surface area contributed by atoms with Gasteiger partial charge in [-0.1, -0.05) is 31.2 Å². The summed E-state index contributed by atoms with van der Waals surface area (Å²) in [6.45, 7) is 4.47. The Hall–Kier alpha value is -2.69. The van der Waals surface area contributed by atoms with Crippen molar-refractivity contribution in [3.8, 4) is 17.2 Å². The molecule has 0 saturated carbocycles. The van der Waals surface area contributed by atoms with E-state index >= 15 is 0 Å². The van der Waals surface area contributed by atoms with Crippen LogP contribution in [0.3, 0.4) is 0 Å². The van der Waals surface area contributed by atoms with Gasteiger partial charge >= 0.3 is 0 Å².